The number of hydrogen-bond donors (Lipinski definition) is 1. The second-order valence-corrected chi connectivity index (χ2v) is 8.66. The third kappa shape index (κ3) is 5.64. The molecule has 35 heavy (non-hydrogen) atoms. The molecule has 0 spiro atoms. The van der Waals surface area contributed by atoms with Crippen LogP contribution in [0.5, 0.6) is 0 Å². The minimum Gasteiger partial charge on any atom is -0.369 e. The Kier molecular flexibility index (Phi) is 7.11. The van der Waals surface area contributed by atoms with Gasteiger partial charge in [-0.25, -0.2) is 9.67 Å². The standard InChI is InChI=1S/C25H29F3N6O/c1-4-32-11-13-33(14-12-32)21-8-6-20(7-9-21)30-24(35)15-22-17(2)31-34(18(22)3)23-10-5-19(16-29-23)25(26,27)28/h5-10,16H,4,11-15H2,1-3H3,(H,30,35). The molecule has 1 aliphatic heterocycles. The number of benzene rings is 1. The topological polar surface area (TPSA) is 66.3 Å². The van der Waals surface area contributed by atoms with Gasteiger partial charge in [0, 0.05) is 55.0 Å². The molecule has 1 amide bonds. The summed E-state index contributed by atoms with van der Waals surface area (Å²) in [5, 5.41) is 7.31. The van der Waals surface area contributed by atoms with Gasteiger partial charge >= 0.3 is 6.18 Å². The lowest BCUT2D eigenvalue weighted by Gasteiger charge is -2.35. The van der Waals surface area contributed by atoms with Crippen molar-refractivity contribution in [1.29, 1.82) is 0 Å². The van der Waals surface area contributed by atoms with Crippen LogP contribution < -0.4 is 10.2 Å². The van der Waals surface area contributed by atoms with Gasteiger partial charge in [0.1, 0.15) is 0 Å². The maximum absolute atomic E-state index is 12.8. The third-order valence-electron chi connectivity index (χ3n) is 6.41. The van der Waals surface area contributed by atoms with Gasteiger partial charge in [0.05, 0.1) is 17.7 Å². The van der Waals surface area contributed by atoms with Crippen LogP contribution in [0.3, 0.4) is 0 Å². The zero-order valence-corrected chi connectivity index (χ0v) is 20.1. The fourth-order valence-electron chi connectivity index (χ4n) is 4.28. The number of nitrogens with one attached hydrogen (secondary N) is 1. The number of anilines is 2. The molecule has 1 saturated heterocycles. The van der Waals surface area contributed by atoms with Gasteiger partial charge in [-0.15, -0.1) is 0 Å². The van der Waals surface area contributed by atoms with Crippen molar-refractivity contribution in [3.8, 4) is 5.82 Å². The van der Waals surface area contributed by atoms with E-state index in [9.17, 15) is 18.0 Å². The molecule has 0 saturated carbocycles. The normalized spacial score (nSPS) is 14.9. The van der Waals surface area contributed by atoms with Crippen molar-refractivity contribution in [3.63, 3.8) is 0 Å². The lowest BCUT2D eigenvalue weighted by Crippen LogP contribution is -2.46. The molecule has 1 aromatic carbocycles. The van der Waals surface area contributed by atoms with Crippen LogP contribution in [0.15, 0.2) is 42.6 Å². The summed E-state index contributed by atoms with van der Waals surface area (Å²) in [6, 6.07) is 10.1. The first-order chi connectivity index (χ1) is 16.7. The van der Waals surface area contributed by atoms with Gasteiger partial charge in [-0.3, -0.25) is 4.79 Å². The van der Waals surface area contributed by atoms with Crippen molar-refractivity contribution in [3.05, 3.63) is 65.1 Å². The molecule has 4 rings (SSSR count). The molecule has 0 atom stereocenters. The lowest BCUT2D eigenvalue weighted by molar-refractivity contribution is -0.137. The number of carbonyl (C=O) groups is 1. The number of carbonyl (C=O) groups excluding carboxylic acids is 1. The zero-order valence-electron chi connectivity index (χ0n) is 20.1. The molecular weight excluding hydrogens is 457 g/mol. The molecule has 0 aliphatic carbocycles. The number of rotatable bonds is 6. The predicted octanol–water partition coefficient (Wildman–Crippen LogP) is 4.23. The minimum atomic E-state index is -4.45. The van der Waals surface area contributed by atoms with Crippen molar-refractivity contribution in [2.75, 3.05) is 42.9 Å². The fourth-order valence-corrected chi connectivity index (χ4v) is 4.28. The fraction of sp³-hybridized carbons (Fsp3) is 0.400. The first-order valence-corrected chi connectivity index (χ1v) is 11.6. The molecule has 186 valence electrons. The molecule has 1 aliphatic rings. The number of hydrogen-bond acceptors (Lipinski definition) is 5. The Morgan fingerprint density at radius 1 is 1.03 bits per heavy atom. The summed E-state index contributed by atoms with van der Waals surface area (Å²) in [6.45, 7) is 10.8. The van der Waals surface area contributed by atoms with Crippen molar-refractivity contribution < 1.29 is 18.0 Å². The predicted molar refractivity (Wildman–Crippen MR) is 129 cm³/mol. The van der Waals surface area contributed by atoms with Gasteiger partial charge in [0.15, 0.2) is 5.82 Å². The monoisotopic (exact) mass is 486 g/mol. The Morgan fingerprint density at radius 3 is 2.29 bits per heavy atom. The zero-order chi connectivity index (χ0) is 25.2. The molecule has 7 nitrogen and oxygen atoms in total. The number of aromatic nitrogens is 3. The van der Waals surface area contributed by atoms with Gasteiger partial charge in [-0.05, 0) is 56.8 Å². The highest BCUT2D eigenvalue weighted by atomic mass is 19.4. The van der Waals surface area contributed by atoms with E-state index in [0.29, 0.717) is 17.1 Å². The molecule has 1 fully saturated rings. The maximum Gasteiger partial charge on any atom is 0.417 e. The van der Waals surface area contributed by atoms with E-state index in [2.05, 4.69) is 32.1 Å². The third-order valence-corrected chi connectivity index (χ3v) is 6.41. The number of likely N-dealkylation sites (N-methyl/N-ethyl adjacent to an activating group) is 1. The minimum absolute atomic E-state index is 0.0963. The Hall–Kier alpha value is -3.40. The number of halogens is 3. The quantitative estimate of drug-likeness (QED) is 0.565. The summed E-state index contributed by atoms with van der Waals surface area (Å²) >= 11 is 0. The number of nitrogens with zero attached hydrogens (tertiary/aromatic N) is 5. The van der Waals surface area contributed by atoms with Crippen molar-refractivity contribution in [2.24, 2.45) is 0 Å². The SMILES string of the molecule is CCN1CCN(c2ccc(NC(=O)Cc3c(C)nn(-c4ccc(C(F)(F)F)cn4)c3C)cc2)CC1. The number of alkyl halides is 3. The Bertz CT molecular complexity index is 1160. The molecule has 3 heterocycles. The molecule has 3 aromatic rings. The smallest absolute Gasteiger partial charge is 0.369 e. The van der Waals surface area contributed by atoms with Crippen LogP contribution in [-0.2, 0) is 17.4 Å². The Balaban J connectivity index is 1.40. The van der Waals surface area contributed by atoms with E-state index in [4.69, 9.17) is 0 Å². The molecule has 1 N–H and O–H groups in total. The van der Waals surface area contributed by atoms with Crippen molar-refractivity contribution in [1.82, 2.24) is 19.7 Å². The van der Waals surface area contributed by atoms with Crippen molar-refractivity contribution >= 4 is 17.3 Å². The lowest BCUT2D eigenvalue weighted by atomic mass is 10.1. The molecule has 0 unspecified atom stereocenters. The van der Waals surface area contributed by atoms with E-state index in [1.54, 1.807) is 13.8 Å². The molecular formula is C25H29F3N6O. The average molecular weight is 487 g/mol. The largest absolute Gasteiger partial charge is 0.417 e. The van der Waals surface area contributed by atoms with Crippen molar-refractivity contribution in [2.45, 2.75) is 33.4 Å². The number of piperazine rings is 1. The summed E-state index contributed by atoms with van der Waals surface area (Å²) in [5.74, 6) is 0.0704. The average Bonchev–Trinajstić information content (AvgIpc) is 3.12. The van der Waals surface area contributed by atoms with Gasteiger partial charge in [-0.2, -0.15) is 18.3 Å². The second kappa shape index (κ2) is 10.1. The van der Waals surface area contributed by atoms with E-state index in [1.165, 1.54) is 10.7 Å². The summed E-state index contributed by atoms with van der Waals surface area (Å²) in [4.78, 5) is 21.4. The first-order valence-electron chi connectivity index (χ1n) is 11.6. The highest BCUT2D eigenvalue weighted by molar-refractivity contribution is 5.92. The molecule has 0 radical (unpaired) electrons. The van der Waals surface area contributed by atoms with Crippen LogP contribution in [0.4, 0.5) is 24.5 Å². The number of aryl methyl sites for hydroxylation is 1. The highest BCUT2D eigenvalue weighted by Gasteiger charge is 2.31. The van der Waals surface area contributed by atoms with Crippen LogP contribution in [0.25, 0.3) is 5.82 Å². The summed E-state index contributed by atoms with van der Waals surface area (Å²) in [5.41, 5.74) is 3.02. The number of amides is 1. The Morgan fingerprint density at radius 2 is 1.71 bits per heavy atom. The summed E-state index contributed by atoms with van der Waals surface area (Å²) in [7, 11) is 0. The Labute approximate surface area is 202 Å². The summed E-state index contributed by atoms with van der Waals surface area (Å²) in [6.07, 6.45) is -3.57. The maximum atomic E-state index is 12.8. The van der Waals surface area contributed by atoms with E-state index in [-0.39, 0.29) is 18.1 Å². The van der Waals surface area contributed by atoms with Crippen LogP contribution in [-0.4, -0.2) is 58.3 Å². The van der Waals surface area contributed by atoms with Crippen LogP contribution >= 0.6 is 0 Å². The first kappa shape index (κ1) is 24.7. The van der Waals surface area contributed by atoms with Crippen LogP contribution in [0.1, 0.15) is 29.4 Å². The van der Waals surface area contributed by atoms with E-state index in [0.717, 1.165) is 56.2 Å². The number of pyridine rings is 1. The van der Waals surface area contributed by atoms with E-state index >= 15 is 0 Å². The molecule has 10 heteroatoms. The van der Waals surface area contributed by atoms with E-state index in [1.807, 2.05) is 24.3 Å². The molecule has 2 aromatic heterocycles. The van der Waals surface area contributed by atoms with Gasteiger partial charge < -0.3 is 15.1 Å². The van der Waals surface area contributed by atoms with Crippen LogP contribution in [0, 0.1) is 13.8 Å². The van der Waals surface area contributed by atoms with Gasteiger partial charge in [-0.1, -0.05) is 6.92 Å². The summed E-state index contributed by atoms with van der Waals surface area (Å²) < 4.78 is 39.9. The highest BCUT2D eigenvalue weighted by Crippen LogP contribution is 2.29. The van der Waals surface area contributed by atoms with Gasteiger partial charge in [0.2, 0.25) is 5.91 Å². The van der Waals surface area contributed by atoms with Crippen LogP contribution in [0.2, 0.25) is 0 Å². The van der Waals surface area contributed by atoms with Gasteiger partial charge in [0.25, 0.3) is 0 Å². The van der Waals surface area contributed by atoms with E-state index < -0.39 is 11.7 Å². The molecule has 0 bridgehead atoms. The second-order valence-electron chi connectivity index (χ2n) is 8.66.